The lowest BCUT2D eigenvalue weighted by molar-refractivity contribution is -0.122. The quantitative estimate of drug-likeness (QED) is 0.801. The first-order valence-electron chi connectivity index (χ1n) is 9.17. The van der Waals surface area contributed by atoms with Crippen molar-refractivity contribution in [3.8, 4) is 0 Å². The van der Waals surface area contributed by atoms with Gasteiger partial charge >= 0.3 is 0 Å². The highest BCUT2D eigenvalue weighted by Crippen LogP contribution is 2.35. The van der Waals surface area contributed by atoms with Crippen LogP contribution in [0.25, 0.3) is 0 Å². The largest absolute Gasteiger partial charge is 0.349 e. The zero-order chi connectivity index (χ0) is 17.5. The first-order chi connectivity index (χ1) is 12.2. The lowest BCUT2D eigenvalue weighted by atomic mass is 9.91. The summed E-state index contributed by atoms with van der Waals surface area (Å²) in [6.07, 6.45) is 8.51. The first-order valence-corrected chi connectivity index (χ1v) is 9.17. The Kier molecular flexibility index (Phi) is 6.15. The van der Waals surface area contributed by atoms with Crippen molar-refractivity contribution in [2.75, 3.05) is 0 Å². The van der Waals surface area contributed by atoms with E-state index < -0.39 is 0 Å². The van der Waals surface area contributed by atoms with E-state index in [2.05, 4.69) is 10.3 Å². The number of nitrogens with zero attached hydrogens (tertiary/aromatic N) is 1. The second-order valence-electron chi connectivity index (χ2n) is 6.82. The smallest absolute Gasteiger partial charge is 0.220 e. The lowest BCUT2D eigenvalue weighted by Gasteiger charge is -2.25. The third-order valence-electron chi connectivity index (χ3n) is 4.98. The van der Waals surface area contributed by atoms with Crippen LogP contribution in [0.3, 0.4) is 0 Å². The molecule has 1 heterocycles. The minimum Gasteiger partial charge on any atom is -0.349 e. The van der Waals surface area contributed by atoms with Gasteiger partial charge in [0.1, 0.15) is 5.82 Å². The van der Waals surface area contributed by atoms with Crippen LogP contribution in [0.15, 0.2) is 48.7 Å². The predicted octanol–water partition coefficient (Wildman–Crippen LogP) is 4.59. The summed E-state index contributed by atoms with van der Waals surface area (Å²) in [5, 5.41) is 3.20. The Morgan fingerprint density at radius 2 is 1.92 bits per heavy atom. The minimum atomic E-state index is -0.240. The van der Waals surface area contributed by atoms with E-state index in [9.17, 15) is 9.18 Å². The van der Waals surface area contributed by atoms with Crippen LogP contribution >= 0.6 is 0 Å². The summed E-state index contributed by atoms with van der Waals surface area (Å²) in [5.41, 5.74) is 2.02. The van der Waals surface area contributed by atoms with Crippen LogP contribution in [0.4, 0.5) is 4.39 Å². The number of pyridine rings is 1. The number of carbonyl (C=O) groups is 1. The topological polar surface area (TPSA) is 42.0 Å². The molecule has 1 fully saturated rings. The van der Waals surface area contributed by atoms with E-state index >= 15 is 0 Å². The molecule has 0 bridgehead atoms. The van der Waals surface area contributed by atoms with Crippen LogP contribution in [-0.4, -0.2) is 10.9 Å². The van der Waals surface area contributed by atoms with E-state index in [0.29, 0.717) is 12.3 Å². The Hall–Kier alpha value is -2.23. The van der Waals surface area contributed by atoms with Crippen LogP contribution in [0.5, 0.6) is 0 Å². The molecule has 3 nitrogen and oxygen atoms in total. The summed E-state index contributed by atoms with van der Waals surface area (Å²) in [5.74, 6) is 0.276. The number of aromatic nitrogens is 1. The molecule has 0 aliphatic heterocycles. The molecule has 1 aliphatic carbocycles. The van der Waals surface area contributed by atoms with Crippen molar-refractivity contribution in [2.45, 2.75) is 51.0 Å². The second-order valence-corrected chi connectivity index (χ2v) is 6.82. The zero-order valence-corrected chi connectivity index (χ0v) is 14.5. The summed E-state index contributed by atoms with van der Waals surface area (Å²) < 4.78 is 13.2. The molecule has 1 N–H and O–H groups in total. The van der Waals surface area contributed by atoms with Crippen LogP contribution < -0.4 is 5.32 Å². The number of halogens is 1. The fraction of sp³-hybridized carbons (Fsp3) is 0.429. The maximum atomic E-state index is 13.2. The summed E-state index contributed by atoms with van der Waals surface area (Å²) >= 11 is 0. The van der Waals surface area contributed by atoms with E-state index in [0.717, 1.165) is 36.9 Å². The molecule has 25 heavy (non-hydrogen) atoms. The molecule has 4 heteroatoms. The van der Waals surface area contributed by atoms with Crippen molar-refractivity contribution < 1.29 is 9.18 Å². The third kappa shape index (κ3) is 5.12. The fourth-order valence-corrected chi connectivity index (χ4v) is 3.66. The molecule has 2 aromatic rings. The van der Waals surface area contributed by atoms with Crippen LogP contribution in [0.2, 0.25) is 0 Å². The number of hydrogen-bond acceptors (Lipinski definition) is 2. The maximum absolute atomic E-state index is 13.2. The van der Waals surface area contributed by atoms with Crippen molar-refractivity contribution in [2.24, 2.45) is 5.92 Å². The molecular weight excluding hydrogens is 315 g/mol. The molecule has 0 spiro atoms. The minimum absolute atomic E-state index is 0.00884. The fourth-order valence-electron chi connectivity index (χ4n) is 3.66. The van der Waals surface area contributed by atoms with Gasteiger partial charge < -0.3 is 5.32 Å². The molecule has 1 aliphatic rings. The van der Waals surface area contributed by atoms with Gasteiger partial charge in [-0.05, 0) is 61.4 Å². The number of rotatable bonds is 7. The number of nitrogens with one attached hydrogen (secondary N) is 1. The predicted molar refractivity (Wildman–Crippen MR) is 96.4 cm³/mol. The standard InChI is InChI=1S/C21H25FN2O/c22-18-13-11-17(12-14-18)21(16-6-1-2-7-16)24-20(25)10-5-9-19-8-3-4-15-23-19/h3-4,8,11-16,21H,1-2,5-7,9-10H2,(H,24,25). The van der Waals surface area contributed by atoms with Gasteiger partial charge in [-0.15, -0.1) is 0 Å². The average Bonchev–Trinajstić information content (AvgIpc) is 3.16. The van der Waals surface area contributed by atoms with E-state index in [4.69, 9.17) is 0 Å². The molecule has 1 aromatic carbocycles. The van der Waals surface area contributed by atoms with Crippen molar-refractivity contribution in [3.63, 3.8) is 0 Å². The third-order valence-corrected chi connectivity index (χ3v) is 4.98. The van der Waals surface area contributed by atoms with Gasteiger partial charge in [0.25, 0.3) is 0 Å². The van der Waals surface area contributed by atoms with Crippen molar-refractivity contribution in [3.05, 3.63) is 65.7 Å². The molecular formula is C21H25FN2O. The van der Waals surface area contributed by atoms with Crippen LogP contribution in [0.1, 0.15) is 55.8 Å². The van der Waals surface area contributed by atoms with E-state index in [1.807, 2.05) is 18.2 Å². The van der Waals surface area contributed by atoms with Crippen molar-refractivity contribution >= 4 is 5.91 Å². The summed E-state index contributed by atoms with van der Waals surface area (Å²) in [4.78, 5) is 16.7. The second kappa shape index (κ2) is 8.75. The van der Waals surface area contributed by atoms with Gasteiger partial charge in [0, 0.05) is 18.3 Å². The molecule has 1 aromatic heterocycles. The Labute approximate surface area is 148 Å². The zero-order valence-electron chi connectivity index (χ0n) is 14.5. The Balaban J connectivity index is 1.57. The van der Waals surface area contributed by atoms with E-state index in [1.54, 1.807) is 18.3 Å². The van der Waals surface area contributed by atoms with E-state index in [1.165, 1.54) is 25.0 Å². The molecule has 1 saturated carbocycles. The van der Waals surface area contributed by atoms with Gasteiger partial charge in [0.15, 0.2) is 0 Å². The number of carbonyl (C=O) groups excluding carboxylic acids is 1. The number of hydrogen-bond donors (Lipinski definition) is 1. The summed E-state index contributed by atoms with van der Waals surface area (Å²) in [7, 11) is 0. The molecule has 1 amide bonds. The molecule has 0 saturated heterocycles. The Morgan fingerprint density at radius 3 is 2.60 bits per heavy atom. The lowest BCUT2D eigenvalue weighted by Crippen LogP contribution is -2.32. The monoisotopic (exact) mass is 340 g/mol. The Bertz CT molecular complexity index is 666. The molecule has 3 rings (SSSR count). The highest BCUT2D eigenvalue weighted by atomic mass is 19.1. The van der Waals surface area contributed by atoms with Gasteiger partial charge in [-0.25, -0.2) is 4.39 Å². The maximum Gasteiger partial charge on any atom is 0.220 e. The molecule has 1 atom stereocenters. The SMILES string of the molecule is O=C(CCCc1ccccn1)NC(c1ccc(F)cc1)C1CCCC1. The number of benzene rings is 1. The van der Waals surface area contributed by atoms with Gasteiger partial charge in [-0.2, -0.15) is 0 Å². The van der Waals surface area contributed by atoms with E-state index in [-0.39, 0.29) is 17.8 Å². The van der Waals surface area contributed by atoms with Gasteiger partial charge in [-0.1, -0.05) is 31.0 Å². The van der Waals surface area contributed by atoms with Crippen LogP contribution in [0, 0.1) is 11.7 Å². The van der Waals surface area contributed by atoms with Gasteiger partial charge in [-0.3, -0.25) is 9.78 Å². The normalized spacial score (nSPS) is 15.9. The first kappa shape index (κ1) is 17.6. The number of aryl methyl sites for hydroxylation is 1. The molecule has 1 unspecified atom stereocenters. The van der Waals surface area contributed by atoms with Gasteiger partial charge in [0.2, 0.25) is 5.91 Å². The summed E-state index contributed by atoms with van der Waals surface area (Å²) in [6.45, 7) is 0. The Morgan fingerprint density at radius 1 is 1.16 bits per heavy atom. The highest BCUT2D eigenvalue weighted by Gasteiger charge is 2.27. The van der Waals surface area contributed by atoms with Crippen molar-refractivity contribution in [1.29, 1.82) is 0 Å². The van der Waals surface area contributed by atoms with Gasteiger partial charge in [0.05, 0.1) is 6.04 Å². The molecule has 0 radical (unpaired) electrons. The highest BCUT2D eigenvalue weighted by molar-refractivity contribution is 5.76. The number of amides is 1. The molecule has 132 valence electrons. The average molecular weight is 340 g/mol. The summed E-state index contributed by atoms with van der Waals surface area (Å²) in [6, 6.07) is 12.4. The van der Waals surface area contributed by atoms with Crippen molar-refractivity contribution in [1.82, 2.24) is 10.3 Å². The van der Waals surface area contributed by atoms with Crippen LogP contribution in [-0.2, 0) is 11.2 Å².